The van der Waals surface area contributed by atoms with E-state index in [1.165, 1.54) is 0 Å². The molecule has 1 aliphatic heterocycles. The predicted molar refractivity (Wildman–Crippen MR) is 94.1 cm³/mol. The molecule has 0 saturated carbocycles. The van der Waals surface area contributed by atoms with E-state index >= 15 is 0 Å². The maximum Gasteiger partial charge on any atom is 0.338 e. The van der Waals surface area contributed by atoms with Crippen LogP contribution in [0.2, 0.25) is 5.31 Å². The minimum atomic E-state index is -0.885. The molecular formula is C17H29BN2O5. The van der Waals surface area contributed by atoms with Crippen molar-refractivity contribution in [1.82, 2.24) is 10.6 Å². The number of carbonyl (C=O) groups excluding carboxylic acids is 3. The first-order chi connectivity index (χ1) is 11.5. The number of epoxide rings is 1. The van der Waals surface area contributed by atoms with Crippen molar-refractivity contribution in [2.45, 2.75) is 71.0 Å². The van der Waals surface area contributed by atoms with Crippen LogP contribution in [-0.4, -0.2) is 57.0 Å². The van der Waals surface area contributed by atoms with Gasteiger partial charge in [0.05, 0.1) is 14.5 Å². The van der Waals surface area contributed by atoms with Gasteiger partial charge in [-0.05, 0) is 25.7 Å². The van der Waals surface area contributed by atoms with Crippen molar-refractivity contribution < 1.29 is 23.9 Å². The second-order valence-corrected chi connectivity index (χ2v) is 7.45. The molecule has 0 aliphatic carbocycles. The topological polar surface area (TPSA) is 97.0 Å². The lowest BCUT2D eigenvalue weighted by atomic mass is 9.70. The molecule has 1 fully saturated rings. The summed E-state index contributed by atoms with van der Waals surface area (Å²) in [6.07, 6.45) is -0.650. The summed E-state index contributed by atoms with van der Waals surface area (Å²) in [6.45, 7) is 10.0. The number of carbonyl (C=O) groups is 3. The number of amides is 2. The summed E-state index contributed by atoms with van der Waals surface area (Å²) >= 11 is 0. The third kappa shape index (κ3) is 7.90. The van der Waals surface area contributed by atoms with Crippen LogP contribution in [0.15, 0.2) is 0 Å². The molecule has 0 unspecified atom stereocenters. The molecular weight excluding hydrogens is 323 g/mol. The van der Waals surface area contributed by atoms with Crippen LogP contribution in [0, 0.1) is 5.92 Å². The molecule has 2 N–H and O–H groups in total. The van der Waals surface area contributed by atoms with Crippen molar-refractivity contribution in [1.29, 1.82) is 0 Å². The highest BCUT2D eigenvalue weighted by atomic mass is 16.6. The van der Waals surface area contributed by atoms with Gasteiger partial charge in [0, 0.05) is 6.54 Å². The van der Waals surface area contributed by atoms with Gasteiger partial charge in [-0.1, -0.05) is 33.0 Å². The monoisotopic (exact) mass is 352 g/mol. The number of ether oxygens (including phenoxy) is 2. The highest BCUT2D eigenvalue weighted by Gasteiger charge is 2.52. The highest BCUT2D eigenvalue weighted by Crippen LogP contribution is 2.24. The maximum absolute atomic E-state index is 12.4. The normalized spacial score (nSPS) is 20.7. The molecule has 3 atom stereocenters. The number of hydrogen-bond acceptors (Lipinski definition) is 5. The Kier molecular flexibility index (Phi) is 7.92. The van der Waals surface area contributed by atoms with Gasteiger partial charge in [-0.3, -0.25) is 9.59 Å². The molecule has 0 aromatic rings. The van der Waals surface area contributed by atoms with Gasteiger partial charge in [-0.15, -0.1) is 0 Å². The summed E-state index contributed by atoms with van der Waals surface area (Å²) in [5, 5.41) is 5.09. The molecule has 2 amide bonds. The zero-order valence-electron chi connectivity index (χ0n) is 15.8. The minimum Gasteiger partial charge on any atom is -0.464 e. The van der Waals surface area contributed by atoms with Gasteiger partial charge < -0.3 is 20.1 Å². The van der Waals surface area contributed by atoms with E-state index in [0.717, 1.165) is 0 Å². The molecule has 0 bridgehead atoms. The molecule has 140 valence electrons. The third-order valence-corrected chi connectivity index (χ3v) is 3.68. The minimum absolute atomic E-state index is 0.211. The van der Waals surface area contributed by atoms with E-state index in [1.807, 2.05) is 27.7 Å². The fourth-order valence-electron chi connectivity index (χ4n) is 2.30. The molecule has 2 radical (unpaired) electrons. The van der Waals surface area contributed by atoms with Crippen LogP contribution in [-0.2, 0) is 23.9 Å². The van der Waals surface area contributed by atoms with Crippen molar-refractivity contribution in [3.8, 4) is 0 Å². The Morgan fingerprint density at radius 2 is 1.88 bits per heavy atom. The van der Waals surface area contributed by atoms with E-state index in [-0.39, 0.29) is 23.7 Å². The van der Waals surface area contributed by atoms with Crippen molar-refractivity contribution >= 4 is 25.6 Å². The Balaban J connectivity index is 2.54. The van der Waals surface area contributed by atoms with Crippen LogP contribution in [0.5, 0.6) is 0 Å². The van der Waals surface area contributed by atoms with Crippen LogP contribution < -0.4 is 10.6 Å². The molecule has 1 saturated heterocycles. The summed E-state index contributed by atoms with van der Waals surface area (Å²) in [4.78, 5) is 36.1. The summed E-state index contributed by atoms with van der Waals surface area (Å²) in [7, 11) is 5.89. The molecule has 1 heterocycles. The Morgan fingerprint density at radius 1 is 1.24 bits per heavy atom. The van der Waals surface area contributed by atoms with Gasteiger partial charge in [0.15, 0.2) is 12.2 Å². The maximum atomic E-state index is 12.4. The van der Waals surface area contributed by atoms with Gasteiger partial charge >= 0.3 is 5.97 Å². The van der Waals surface area contributed by atoms with Crippen molar-refractivity contribution in [3.63, 3.8) is 0 Å². The summed E-state index contributed by atoms with van der Waals surface area (Å²) in [5.41, 5.74) is 0. The Hall–Kier alpha value is -1.57. The van der Waals surface area contributed by atoms with E-state index in [0.29, 0.717) is 19.4 Å². The van der Waals surface area contributed by atoms with Crippen molar-refractivity contribution in [2.75, 3.05) is 13.2 Å². The second-order valence-electron chi connectivity index (χ2n) is 7.45. The van der Waals surface area contributed by atoms with Crippen molar-refractivity contribution in [3.05, 3.63) is 0 Å². The van der Waals surface area contributed by atoms with Gasteiger partial charge in [0.2, 0.25) is 5.91 Å². The highest BCUT2D eigenvalue weighted by molar-refractivity contribution is 6.14. The van der Waals surface area contributed by atoms with Crippen LogP contribution >= 0.6 is 0 Å². The Bertz CT molecular complexity index is 490. The lowest BCUT2D eigenvalue weighted by Crippen LogP contribution is -2.49. The third-order valence-electron chi connectivity index (χ3n) is 3.68. The average Bonchev–Trinajstić information content (AvgIpc) is 3.25. The summed E-state index contributed by atoms with van der Waals surface area (Å²) in [6, 6.07) is -0.680. The number of rotatable bonds is 10. The van der Waals surface area contributed by atoms with E-state index in [2.05, 4.69) is 10.6 Å². The summed E-state index contributed by atoms with van der Waals surface area (Å²) < 4.78 is 9.88. The Labute approximate surface area is 151 Å². The lowest BCUT2D eigenvalue weighted by molar-refractivity contribution is -0.144. The van der Waals surface area contributed by atoms with Crippen LogP contribution in [0.1, 0.15) is 47.5 Å². The number of esters is 1. The largest absolute Gasteiger partial charge is 0.464 e. The zero-order chi connectivity index (χ0) is 19.2. The van der Waals surface area contributed by atoms with Crippen LogP contribution in [0.4, 0.5) is 0 Å². The second kappa shape index (κ2) is 9.22. The number of nitrogens with one attached hydrogen (secondary N) is 2. The van der Waals surface area contributed by atoms with Gasteiger partial charge in [-0.2, -0.15) is 0 Å². The van der Waals surface area contributed by atoms with Crippen molar-refractivity contribution in [2.24, 2.45) is 5.92 Å². The van der Waals surface area contributed by atoms with Gasteiger partial charge in [0.25, 0.3) is 5.91 Å². The molecule has 8 heteroatoms. The van der Waals surface area contributed by atoms with Crippen LogP contribution in [0.3, 0.4) is 0 Å². The lowest BCUT2D eigenvalue weighted by Gasteiger charge is -2.22. The molecule has 25 heavy (non-hydrogen) atoms. The van der Waals surface area contributed by atoms with E-state index in [4.69, 9.17) is 17.3 Å². The quantitative estimate of drug-likeness (QED) is 0.343. The van der Waals surface area contributed by atoms with Gasteiger partial charge in [-0.25, -0.2) is 4.79 Å². The Morgan fingerprint density at radius 3 is 2.40 bits per heavy atom. The number of hydrogen-bond donors (Lipinski definition) is 2. The molecule has 7 nitrogen and oxygen atoms in total. The first kappa shape index (κ1) is 21.5. The first-order valence-electron chi connectivity index (χ1n) is 8.74. The van der Waals surface area contributed by atoms with E-state index < -0.39 is 30.1 Å². The molecule has 1 rings (SSSR count). The fourth-order valence-corrected chi connectivity index (χ4v) is 2.30. The molecule has 1 aliphatic rings. The predicted octanol–water partition coefficient (Wildman–Crippen LogP) is 0.721. The van der Waals surface area contributed by atoms with Crippen LogP contribution in [0.25, 0.3) is 0 Å². The summed E-state index contributed by atoms with van der Waals surface area (Å²) in [5.74, 6) is -1.08. The van der Waals surface area contributed by atoms with E-state index in [9.17, 15) is 14.4 Å². The van der Waals surface area contributed by atoms with E-state index in [1.54, 1.807) is 6.92 Å². The standard InChI is InChI=1S/C17H29BN2O5/c1-6-24-16(23)13-12(25-13)15(22)20-11(9-10(2)3)14(21)19-8-7-17(4,5)18/h10-13H,6-9H2,1-5H3,(H,19,21)(H,20,22)/t11-,12-,13-/m0/s1. The zero-order valence-corrected chi connectivity index (χ0v) is 15.8. The first-order valence-corrected chi connectivity index (χ1v) is 8.74. The fraction of sp³-hybridized carbons (Fsp3) is 0.824. The van der Waals surface area contributed by atoms with Gasteiger partial charge in [0.1, 0.15) is 6.04 Å². The molecule has 0 spiro atoms. The molecule has 0 aromatic heterocycles. The smallest absolute Gasteiger partial charge is 0.338 e. The average molecular weight is 352 g/mol. The molecule has 0 aromatic carbocycles. The SMILES string of the molecule is [B]C(C)(C)CCNC(=O)[C@H](CC(C)C)NC(=O)[C@H]1O[C@@H]1C(=O)OCC.